The number of rotatable bonds is 7. The highest BCUT2D eigenvalue weighted by Gasteiger charge is 2.32. The van der Waals surface area contributed by atoms with Gasteiger partial charge >= 0.3 is 0 Å². The van der Waals surface area contributed by atoms with Crippen molar-refractivity contribution >= 4 is 17.3 Å². The van der Waals surface area contributed by atoms with Crippen LogP contribution in [0.4, 0.5) is 11.4 Å². The second kappa shape index (κ2) is 8.95. The quantitative estimate of drug-likeness (QED) is 0.566. The van der Waals surface area contributed by atoms with Crippen molar-refractivity contribution in [2.24, 2.45) is 11.7 Å². The summed E-state index contributed by atoms with van der Waals surface area (Å²) in [5.74, 6) is 0.693. The highest BCUT2D eigenvalue weighted by atomic mass is 16.6. The Balaban J connectivity index is 1.54. The fourth-order valence-electron chi connectivity index (χ4n) is 3.83. The maximum Gasteiger partial charge on any atom is 0.269 e. The van der Waals surface area contributed by atoms with Gasteiger partial charge in [0.1, 0.15) is 0 Å². The molecule has 1 aliphatic rings. The molecule has 7 heteroatoms. The number of nitrogens with two attached hydrogens (primary N) is 1. The van der Waals surface area contributed by atoms with Gasteiger partial charge in [0.2, 0.25) is 5.91 Å². The normalized spacial score (nSPS) is 19.5. The molecule has 0 aliphatic carbocycles. The number of amides is 1. The second-order valence-electron chi connectivity index (χ2n) is 7.33. The van der Waals surface area contributed by atoms with E-state index in [1.54, 1.807) is 13.0 Å². The largest absolute Gasteiger partial charge is 0.330 e. The van der Waals surface area contributed by atoms with Crippen LogP contribution in [0, 0.1) is 23.0 Å². The lowest BCUT2D eigenvalue weighted by molar-refractivity contribution is -0.384. The molecule has 28 heavy (non-hydrogen) atoms. The number of non-ortho nitro benzene ring substituents is 1. The van der Waals surface area contributed by atoms with E-state index >= 15 is 0 Å². The average molecular weight is 382 g/mol. The number of nitrogens with zero attached hydrogens (tertiary/aromatic N) is 2. The Morgan fingerprint density at radius 2 is 2.00 bits per heavy atom. The minimum Gasteiger partial charge on any atom is -0.330 e. The van der Waals surface area contributed by atoms with Crippen molar-refractivity contribution in [1.29, 1.82) is 0 Å². The predicted molar refractivity (Wildman–Crippen MR) is 109 cm³/mol. The Morgan fingerprint density at radius 3 is 2.64 bits per heavy atom. The van der Waals surface area contributed by atoms with Crippen LogP contribution >= 0.6 is 0 Å². The summed E-state index contributed by atoms with van der Waals surface area (Å²) < 4.78 is 0. The number of nitro benzene ring substituents is 1. The van der Waals surface area contributed by atoms with Gasteiger partial charge in [-0.05, 0) is 36.6 Å². The van der Waals surface area contributed by atoms with E-state index in [0.717, 1.165) is 13.1 Å². The highest BCUT2D eigenvalue weighted by Crippen LogP contribution is 2.32. The van der Waals surface area contributed by atoms with Crippen LogP contribution in [0.5, 0.6) is 0 Å². The summed E-state index contributed by atoms with van der Waals surface area (Å²) in [5.41, 5.74) is 8.58. The maximum absolute atomic E-state index is 12.3. The SMILES string of the molecule is Cc1cc([N+](=O)[O-])ccc1NC(=O)CCN1C[C@@H](CN)[C@H](c2ccccc2)C1. The number of benzene rings is 2. The van der Waals surface area contributed by atoms with Gasteiger partial charge in [-0.3, -0.25) is 14.9 Å². The van der Waals surface area contributed by atoms with E-state index in [2.05, 4.69) is 22.3 Å². The Morgan fingerprint density at radius 1 is 1.25 bits per heavy atom. The lowest BCUT2D eigenvalue weighted by atomic mass is 9.89. The van der Waals surface area contributed by atoms with Gasteiger partial charge in [0.25, 0.3) is 5.69 Å². The first kappa shape index (κ1) is 20.0. The van der Waals surface area contributed by atoms with Crippen LogP contribution in [-0.4, -0.2) is 41.9 Å². The molecular weight excluding hydrogens is 356 g/mol. The predicted octanol–water partition coefficient (Wildman–Crippen LogP) is 2.91. The van der Waals surface area contributed by atoms with Crippen LogP contribution in [0.3, 0.4) is 0 Å². The molecular formula is C21H26N4O3. The first-order valence-electron chi connectivity index (χ1n) is 9.50. The summed E-state index contributed by atoms with van der Waals surface area (Å²) in [6, 6.07) is 14.8. The number of likely N-dealkylation sites (tertiary alicyclic amines) is 1. The Hall–Kier alpha value is -2.77. The highest BCUT2D eigenvalue weighted by molar-refractivity contribution is 5.91. The van der Waals surface area contributed by atoms with Crippen molar-refractivity contribution in [2.45, 2.75) is 19.3 Å². The maximum atomic E-state index is 12.3. The van der Waals surface area contributed by atoms with Gasteiger partial charge in [-0.2, -0.15) is 0 Å². The molecule has 2 aromatic carbocycles. The van der Waals surface area contributed by atoms with Crippen LogP contribution < -0.4 is 11.1 Å². The van der Waals surface area contributed by atoms with E-state index < -0.39 is 4.92 Å². The third kappa shape index (κ3) is 4.74. The smallest absolute Gasteiger partial charge is 0.269 e. The molecule has 1 amide bonds. The number of aryl methyl sites for hydroxylation is 1. The molecule has 0 radical (unpaired) electrons. The second-order valence-corrected chi connectivity index (χ2v) is 7.33. The van der Waals surface area contributed by atoms with Crippen LogP contribution in [0.1, 0.15) is 23.5 Å². The standard InChI is InChI=1S/C21H26N4O3/c1-15-11-18(25(27)28)7-8-20(15)23-21(26)9-10-24-13-17(12-22)19(14-24)16-5-3-2-4-6-16/h2-8,11,17,19H,9-10,12-14,22H2,1H3,(H,23,26)/t17-,19+/m1/s1. The van der Waals surface area contributed by atoms with Crippen molar-refractivity contribution in [3.05, 3.63) is 69.8 Å². The first-order valence-corrected chi connectivity index (χ1v) is 9.50. The van der Waals surface area contributed by atoms with Gasteiger partial charge in [0, 0.05) is 49.8 Å². The molecule has 1 saturated heterocycles. The number of carbonyl (C=O) groups excluding carboxylic acids is 1. The van der Waals surface area contributed by atoms with E-state index in [4.69, 9.17) is 5.73 Å². The average Bonchev–Trinajstić information content (AvgIpc) is 3.12. The van der Waals surface area contributed by atoms with Crippen molar-refractivity contribution in [3.8, 4) is 0 Å². The summed E-state index contributed by atoms with van der Waals surface area (Å²) in [5, 5.41) is 13.7. The third-order valence-corrected chi connectivity index (χ3v) is 5.40. The van der Waals surface area contributed by atoms with E-state index in [9.17, 15) is 14.9 Å². The van der Waals surface area contributed by atoms with Gasteiger partial charge in [0.05, 0.1) is 4.92 Å². The number of hydrogen-bond acceptors (Lipinski definition) is 5. The molecule has 0 saturated carbocycles. The van der Waals surface area contributed by atoms with Crippen LogP contribution in [0.25, 0.3) is 0 Å². The molecule has 2 atom stereocenters. The van der Waals surface area contributed by atoms with E-state index in [-0.39, 0.29) is 11.6 Å². The van der Waals surface area contributed by atoms with Crippen molar-refractivity contribution in [1.82, 2.24) is 4.90 Å². The van der Waals surface area contributed by atoms with Crippen LogP contribution in [0.15, 0.2) is 48.5 Å². The van der Waals surface area contributed by atoms with E-state index in [0.29, 0.717) is 42.6 Å². The Labute approximate surface area is 164 Å². The topological polar surface area (TPSA) is 102 Å². The lowest BCUT2D eigenvalue weighted by Crippen LogP contribution is -2.27. The molecule has 2 aromatic rings. The summed E-state index contributed by atoms with van der Waals surface area (Å²) in [7, 11) is 0. The van der Waals surface area contributed by atoms with Gasteiger partial charge in [-0.25, -0.2) is 0 Å². The molecule has 0 aromatic heterocycles. The zero-order valence-electron chi connectivity index (χ0n) is 16.0. The number of hydrogen-bond donors (Lipinski definition) is 2. The Bertz CT molecular complexity index is 841. The monoisotopic (exact) mass is 382 g/mol. The van der Waals surface area contributed by atoms with Gasteiger partial charge < -0.3 is 16.0 Å². The molecule has 3 N–H and O–H groups in total. The summed E-state index contributed by atoms with van der Waals surface area (Å²) in [6.45, 7) is 4.83. The van der Waals surface area contributed by atoms with Crippen molar-refractivity contribution in [2.75, 3.05) is 31.5 Å². The zero-order valence-corrected chi connectivity index (χ0v) is 16.0. The molecule has 1 aliphatic heterocycles. The molecule has 1 fully saturated rings. The number of anilines is 1. The number of nitro groups is 1. The third-order valence-electron chi connectivity index (χ3n) is 5.40. The van der Waals surface area contributed by atoms with Crippen LogP contribution in [-0.2, 0) is 4.79 Å². The summed E-state index contributed by atoms with van der Waals surface area (Å²) in [4.78, 5) is 25.0. The summed E-state index contributed by atoms with van der Waals surface area (Å²) in [6.07, 6.45) is 0.370. The fraction of sp³-hybridized carbons (Fsp3) is 0.381. The molecule has 0 unspecified atom stereocenters. The zero-order chi connectivity index (χ0) is 20.1. The van der Waals surface area contributed by atoms with E-state index in [1.807, 2.05) is 18.2 Å². The lowest BCUT2D eigenvalue weighted by Gasteiger charge is -2.17. The van der Waals surface area contributed by atoms with Crippen molar-refractivity contribution in [3.63, 3.8) is 0 Å². The molecule has 1 heterocycles. The van der Waals surface area contributed by atoms with Crippen molar-refractivity contribution < 1.29 is 9.72 Å². The first-order chi connectivity index (χ1) is 13.5. The molecule has 0 spiro atoms. The molecule has 0 bridgehead atoms. The number of nitrogens with one attached hydrogen (secondary N) is 1. The molecule has 148 valence electrons. The minimum atomic E-state index is -0.441. The van der Waals surface area contributed by atoms with Gasteiger partial charge in [0.15, 0.2) is 0 Å². The van der Waals surface area contributed by atoms with Crippen LogP contribution in [0.2, 0.25) is 0 Å². The number of carbonyl (C=O) groups is 1. The Kier molecular flexibility index (Phi) is 6.38. The molecule has 3 rings (SSSR count). The fourth-order valence-corrected chi connectivity index (χ4v) is 3.83. The van der Waals surface area contributed by atoms with Gasteiger partial charge in [-0.15, -0.1) is 0 Å². The summed E-state index contributed by atoms with van der Waals surface area (Å²) >= 11 is 0. The minimum absolute atomic E-state index is 0.0207. The van der Waals surface area contributed by atoms with Gasteiger partial charge in [-0.1, -0.05) is 30.3 Å². The molecule has 7 nitrogen and oxygen atoms in total. The van der Waals surface area contributed by atoms with E-state index in [1.165, 1.54) is 17.7 Å².